The lowest BCUT2D eigenvalue weighted by atomic mass is 10.2. The van der Waals surface area contributed by atoms with Gasteiger partial charge in [-0.3, -0.25) is 9.69 Å². The Kier molecular flexibility index (Phi) is 6.82. The van der Waals surface area contributed by atoms with E-state index >= 15 is 0 Å². The van der Waals surface area contributed by atoms with Gasteiger partial charge in [-0.1, -0.05) is 0 Å². The van der Waals surface area contributed by atoms with E-state index < -0.39 is 0 Å². The summed E-state index contributed by atoms with van der Waals surface area (Å²) in [5.74, 6) is 0.516. The zero-order valence-corrected chi connectivity index (χ0v) is 18.4. The number of nitrogens with one attached hydrogen (secondary N) is 1. The number of fused-ring (bicyclic) bond motifs is 1. The molecular formula is C22H28N4O2S. The molecule has 0 unspecified atom stereocenters. The van der Waals surface area contributed by atoms with Crippen molar-refractivity contribution in [1.82, 2.24) is 20.2 Å². The number of benzene rings is 1. The van der Waals surface area contributed by atoms with Crippen molar-refractivity contribution < 1.29 is 9.53 Å². The Balaban J connectivity index is 1.69. The summed E-state index contributed by atoms with van der Waals surface area (Å²) >= 11 is 1.55. The minimum Gasteiger partial charge on any atom is -0.481 e. The lowest BCUT2D eigenvalue weighted by molar-refractivity contribution is 0.0939. The number of amides is 1. The molecule has 1 aromatic carbocycles. The molecule has 7 heteroatoms. The number of nitrogens with zero attached hydrogens (tertiary/aromatic N) is 3. The van der Waals surface area contributed by atoms with Crippen LogP contribution in [-0.4, -0.2) is 53.1 Å². The second kappa shape index (κ2) is 9.33. The Morgan fingerprint density at radius 3 is 2.55 bits per heavy atom. The van der Waals surface area contributed by atoms with Crippen molar-refractivity contribution in [1.29, 1.82) is 0 Å². The first-order valence-corrected chi connectivity index (χ1v) is 10.7. The van der Waals surface area contributed by atoms with Crippen molar-refractivity contribution >= 4 is 27.5 Å². The Morgan fingerprint density at radius 1 is 1.17 bits per heavy atom. The third-order valence-electron chi connectivity index (χ3n) is 4.83. The monoisotopic (exact) mass is 412 g/mol. The maximum absolute atomic E-state index is 12.6. The second-order valence-corrected chi connectivity index (χ2v) is 8.50. The van der Waals surface area contributed by atoms with Crippen molar-refractivity contribution in [3.8, 4) is 16.5 Å². The number of rotatable bonds is 8. The lowest BCUT2D eigenvalue weighted by Gasteiger charge is -2.30. The summed E-state index contributed by atoms with van der Waals surface area (Å²) in [4.78, 5) is 23.9. The number of hydrogen-bond acceptors (Lipinski definition) is 6. The van der Waals surface area contributed by atoms with E-state index in [1.807, 2.05) is 30.3 Å². The second-order valence-electron chi connectivity index (χ2n) is 7.47. The summed E-state index contributed by atoms with van der Waals surface area (Å²) in [5, 5.41) is 3.91. The van der Waals surface area contributed by atoms with Crippen LogP contribution in [0.2, 0.25) is 0 Å². The van der Waals surface area contributed by atoms with Gasteiger partial charge >= 0.3 is 0 Å². The molecular weight excluding hydrogens is 384 g/mol. The smallest absolute Gasteiger partial charge is 0.251 e. The number of hydrogen-bond donors (Lipinski definition) is 1. The minimum atomic E-state index is -0.0552. The highest BCUT2D eigenvalue weighted by Crippen LogP contribution is 2.31. The average molecular weight is 413 g/mol. The number of pyridine rings is 1. The van der Waals surface area contributed by atoms with Gasteiger partial charge in [-0.15, -0.1) is 11.3 Å². The van der Waals surface area contributed by atoms with E-state index in [4.69, 9.17) is 4.74 Å². The molecule has 154 valence electrons. The standard InChI is InChI=1S/C22H28N4O2S/c1-14(2)26(15(3)4)11-10-23-21(27)16-6-8-18-19(12-16)29-22(25-18)17-7-9-20(28-5)24-13-17/h6-9,12-15H,10-11H2,1-5H3,(H,23,27). The van der Waals surface area contributed by atoms with Crippen molar-refractivity contribution in [3.63, 3.8) is 0 Å². The van der Waals surface area contributed by atoms with Crippen LogP contribution >= 0.6 is 11.3 Å². The predicted octanol–water partition coefficient (Wildman–Crippen LogP) is 4.22. The summed E-state index contributed by atoms with van der Waals surface area (Å²) in [6, 6.07) is 10.3. The first kappa shape index (κ1) is 21.2. The lowest BCUT2D eigenvalue weighted by Crippen LogP contribution is -2.42. The number of methoxy groups -OCH3 is 1. The van der Waals surface area contributed by atoms with Gasteiger partial charge in [0, 0.05) is 48.6 Å². The number of carbonyl (C=O) groups excluding carboxylic acids is 1. The summed E-state index contributed by atoms with van der Waals surface area (Å²) in [7, 11) is 1.59. The van der Waals surface area contributed by atoms with E-state index in [2.05, 4.69) is 47.9 Å². The number of ether oxygens (including phenoxy) is 1. The zero-order chi connectivity index (χ0) is 21.0. The molecule has 0 bridgehead atoms. The summed E-state index contributed by atoms with van der Waals surface area (Å²) in [6.07, 6.45) is 1.75. The topological polar surface area (TPSA) is 67.3 Å². The average Bonchev–Trinajstić information content (AvgIpc) is 3.13. The fourth-order valence-corrected chi connectivity index (χ4v) is 4.33. The van der Waals surface area contributed by atoms with E-state index in [-0.39, 0.29) is 5.91 Å². The largest absolute Gasteiger partial charge is 0.481 e. The van der Waals surface area contributed by atoms with Gasteiger partial charge in [0.15, 0.2) is 0 Å². The van der Waals surface area contributed by atoms with Gasteiger partial charge in [0.2, 0.25) is 5.88 Å². The first-order chi connectivity index (χ1) is 13.9. The molecule has 0 radical (unpaired) electrons. The number of thiazole rings is 1. The normalized spacial score (nSPS) is 11.6. The molecule has 3 rings (SSSR count). The minimum absolute atomic E-state index is 0.0552. The highest BCUT2D eigenvalue weighted by molar-refractivity contribution is 7.21. The van der Waals surface area contributed by atoms with E-state index in [9.17, 15) is 4.79 Å². The molecule has 0 saturated heterocycles. The Labute approximate surface area is 175 Å². The first-order valence-electron chi connectivity index (χ1n) is 9.84. The van der Waals surface area contributed by atoms with E-state index in [1.165, 1.54) is 0 Å². The molecule has 1 amide bonds. The van der Waals surface area contributed by atoms with Crippen LogP contribution in [0.15, 0.2) is 36.5 Å². The van der Waals surface area contributed by atoms with Gasteiger partial charge in [0.1, 0.15) is 5.01 Å². The molecule has 1 N–H and O–H groups in total. The molecule has 6 nitrogen and oxygen atoms in total. The van der Waals surface area contributed by atoms with E-state index in [0.29, 0.717) is 30.1 Å². The molecule has 3 aromatic rings. The van der Waals surface area contributed by atoms with Crippen LogP contribution in [0, 0.1) is 0 Å². The Hall–Kier alpha value is -2.51. The summed E-state index contributed by atoms with van der Waals surface area (Å²) in [6.45, 7) is 10.2. The SMILES string of the molecule is COc1ccc(-c2nc3ccc(C(=O)NCCN(C(C)C)C(C)C)cc3s2)cn1. The van der Waals surface area contributed by atoms with Crippen molar-refractivity contribution in [3.05, 3.63) is 42.1 Å². The molecule has 0 aliphatic rings. The zero-order valence-electron chi connectivity index (χ0n) is 17.6. The van der Waals surface area contributed by atoms with Crippen LogP contribution in [0.25, 0.3) is 20.8 Å². The highest BCUT2D eigenvalue weighted by Gasteiger charge is 2.14. The fraction of sp³-hybridized carbons (Fsp3) is 0.409. The molecule has 0 atom stereocenters. The van der Waals surface area contributed by atoms with Crippen LogP contribution in [0.1, 0.15) is 38.1 Å². The Morgan fingerprint density at radius 2 is 1.93 bits per heavy atom. The highest BCUT2D eigenvalue weighted by atomic mass is 32.1. The van der Waals surface area contributed by atoms with Gasteiger partial charge in [0.25, 0.3) is 5.91 Å². The van der Waals surface area contributed by atoms with Gasteiger partial charge in [-0.05, 0) is 52.0 Å². The summed E-state index contributed by atoms with van der Waals surface area (Å²) < 4.78 is 6.08. The molecule has 0 saturated carbocycles. The van der Waals surface area contributed by atoms with Crippen molar-refractivity contribution in [2.75, 3.05) is 20.2 Å². The summed E-state index contributed by atoms with van der Waals surface area (Å²) in [5.41, 5.74) is 2.46. The van der Waals surface area contributed by atoms with Crippen LogP contribution in [0.3, 0.4) is 0 Å². The maximum atomic E-state index is 12.6. The van der Waals surface area contributed by atoms with Gasteiger partial charge in [-0.2, -0.15) is 0 Å². The van der Waals surface area contributed by atoms with Crippen molar-refractivity contribution in [2.45, 2.75) is 39.8 Å². The fourth-order valence-electron chi connectivity index (χ4n) is 3.33. The Bertz CT molecular complexity index is 959. The quantitative estimate of drug-likeness (QED) is 0.600. The maximum Gasteiger partial charge on any atom is 0.251 e. The van der Waals surface area contributed by atoms with Crippen LogP contribution in [0.4, 0.5) is 0 Å². The molecule has 0 aliphatic carbocycles. The van der Waals surface area contributed by atoms with Crippen molar-refractivity contribution in [2.24, 2.45) is 0 Å². The molecule has 0 spiro atoms. The third kappa shape index (κ3) is 5.10. The third-order valence-corrected chi connectivity index (χ3v) is 5.89. The van der Waals surface area contributed by atoms with Gasteiger partial charge in [-0.25, -0.2) is 9.97 Å². The number of aromatic nitrogens is 2. The number of carbonyl (C=O) groups is 1. The molecule has 2 heterocycles. The molecule has 0 aliphatic heterocycles. The molecule has 2 aromatic heterocycles. The van der Waals surface area contributed by atoms with E-state index in [1.54, 1.807) is 24.6 Å². The van der Waals surface area contributed by atoms with Gasteiger partial charge < -0.3 is 10.1 Å². The van der Waals surface area contributed by atoms with Crippen LogP contribution in [0.5, 0.6) is 5.88 Å². The predicted molar refractivity (Wildman–Crippen MR) is 119 cm³/mol. The van der Waals surface area contributed by atoms with Crippen LogP contribution in [-0.2, 0) is 0 Å². The van der Waals surface area contributed by atoms with E-state index in [0.717, 1.165) is 27.3 Å². The van der Waals surface area contributed by atoms with Crippen LogP contribution < -0.4 is 10.1 Å². The van der Waals surface area contributed by atoms with Gasteiger partial charge in [0.05, 0.1) is 17.3 Å². The molecule has 29 heavy (non-hydrogen) atoms. The molecule has 0 fully saturated rings.